The van der Waals surface area contributed by atoms with E-state index in [2.05, 4.69) is 4.98 Å². The van der Waals surface area contributed by atoms with Crippen LogP contribution < -0.4 is 0 Å². The first kappa shape index (κ1) is 17.0. The first-order chi connectivity index (χ1) is 10.4. The molecule has 2 rings (SSSR count). The predicted octanol–water partition coefficient (Wildman–Crippen LogP) is 2.37. The van der Waals surface area contributed by atoms with Gasteiger partial charge in [-0.1, -0.05) is 12.8 Å². The largest absolute Gasteiger partial charge is 0.461 e. The van der Waals surface area contributed by atoms with Crippen molar-refractivity contribution < 1.29 is 17.9 Å². The van der Waals surface area contributed by atoms with E-state index in [1.54, 1.807) is 20.8 Å². The third kappa shape index (κ3) is 3.20. The number of aryl methyl sites for hydroxylation is 1. The molecule has 1 aromatic rings. The van der Waals surface area contributed by atoms with E-state index in [0.717, 1.165) is 25.7 Å². The van der Waals surface area contributed by atoms with E-state index >= 15 is 0 Å². The molecule has 0 atom stereocenters. The minimum atomic E-state index is -3.58. The average Bonchev–Trinajstić information content (AvgIpc) is 2.66. The Kier molecular flexibility index (Phi) is 5.28. The van der Waals surface area contributed by atoms with Crippen LogP contribution in [-0.2, 0) is 14.8 Å². The van der Waals surface area contributed by atoms with E-state index in [4.69, 9.17) is 4.74 Å². The van der Waals surface area contributed by atoms with Crippen LogP contribution in [0.1, 0.15) is 54.4 Å². The lowest BCUT2D eigenvalue weighted by Crippen LogP contribution is -2.32. The molecule has 0 aromatic carbocycles. The summed E-state index contributed by atoms with van der Waals surface area (Å²) in [5.41, 5.74) is 1.16. The van der Waals surface area contributed by atoms with Gasteiger partial charge in [-0.05, 0) is 33.6 Å². The van der Waals surface area contributed by atoms with E-state index in [1.807, 2.05) is 0 Å². The molecule has 1 saturated heterocycles. The van der Waals surface area contributed by atoms with Gasteiger partial charge in [0, 0.05) is 24.3 Å². The Labute approximate surface area is 131 Å². The van der Waals surface area contributed by atoms with Gasteiger partial charge in [0.25, 0.3) is 0 Å². The Bertz CT molecular complexity index is 641. The summed E-state index contributed by atoms with van der Waals surface area (Å²) in [6, 6.07) is 0. The summed E-state index contributed by atoms with van der Waals surface area (Å²) >= 11 is 0. The molecule has 1 aliphatic heterocycles. The van der Waals surface area contributed by atoms with Crippen LogP contribution in [0.5, 0.6) is 0 Å². The topological polar surface area (TPSA) is 79.5 Å². The number of aromatic nitrogens is 1. The number of rotatable bonds is 4. The number of H-pyrrole nitrogens is 1. The van der Waals surface area contributed by atoms with Crippen LogP contribution in [-0.4, -0.2) is 43.4 Å². The number of nitrogens with one attached hydrogen (secondary N) is 1. The van der Waals surface area contributed by atoms with Crippen molar-refractivity contribution in [2.45, 2.75) is 51.3 Å². The molecule has 0 saturated carbocycles. The molecule has 22 heavy (non-hydrogen) atoms. The normalized spacial score (nSPS) is 17.2. The van der Waals surface area contributed by atoms with Gasteiger partial charge in [-0.25, -0.2) is 13.2 Å². The van der Waals surface area contributed by atoms with Gasteiger partial charge >= 0.3 is 5.97 Å². The highest BCUT2D eigenvalue weighted by molar-refractivity contribution is 7.89. The van der Waals surface area contributed by atoms with Crippen molar-refractivity contribution in [3.63, 3.8) is 0 Å². The number of esters is 1. The van der Waals surface area contributed by atoms with Crippen LogP contribution in [0.15, 0.2) is 4.90 Å². The van der Waals surface area contributed by atoms with E-state index in [0.29, 0.717) is 24.3 Å². The summed E-state index contributed by atoms with van der Waals surface area (Å²) in [7, 11) is -3.58. The van der Waals surface area contributed by atoms with Crippen molar-refractivity contribution in [2.75, 3.05) is 19.7 Å². The van der Waals surface area contributed by atoms with Gasteiger partial charge in [-0.2, -0.15) is 4.31 Å². The number of ether oxygens (including phenoxy) is 1. The summed E-state index contributed by atoms with van der Waals surface area (Å²) in [4.78, 5) is 15.0. The monoisotopic (exact) mass is 328 g/mol. The number of carbonyl (C=O) groups excluding carboxylic acids is 1. The molecule has 1 aliphatic rings. The first-order valence-electron chi connectivity index (χ1n) is 7.76. The second kappa shape index (κ2) is 6.83. The predicted molar refractivity (Wildman–Crippen MR) is 83.5 cm³/mol. The lowest BCUT2D eigenvalue weighted by atomic mass is 10.2. The third-order valence-electron chi connectivity index (χ3n) is 4.01. The summed E-state index contributed by atoms with van der Waals surface area (Å²) < 4.78 is 32.4. The minimum absolute atomic E-state index is 0.220. The Morgan fingerprint density at radius 2 is 1.77 bits per heavy atom. The Hall–Kier alpha value is -1.34. The molecule has 0 radical (unpaired) electrons. The van der Waals surface area contributed by atoms with Crippen LogP contribution in [0.4, 0.5) is 0 Å². The van der Waals surface area contributed by atoms with Gasteiger partial charge in [0.1, 0.15) is 10.6 Å². The van der Waals surface area contributed by atoms with Crippen LogP contribution in [0.2, 0.25) is 0 Å². The second-order valence-corrected chi connectivity index (χ2v) is 7.49. The standard InChI is InChI=1S/C15H24N2O4S/c1-4-21-15(18)13-11(2)14(12(3)16-13)22(19,20)17-9-7-5-6-8-10-17/h16H,4-10H2,1-3H3. The molecule has 7 heteroatoms. The maximum absolute atomic E-state index is 12.9. The lowest BCUT2D eigenvalue weighted by Gasteiger charge is -2.20. The zero-order valence-electron chi connectivity index (χ0n) is 13.4. The Morgan fingerprint density at radius 1 is 1.18 bits per heavy atom. The van der Waals surface area contributed by atoms with Gasteiger partial charge in [-0.15, -0.1) is 0 Å². The second-order valence-electron chi connectivity index (χ2n) is 5.62. The van der Waals surface area contributed by atoms with Gasteiger partial charge in [0.15, 0.2) is 0 Å². The fraction of sp³-hybridized carbons (Fsp3) is 0.667. The van der Waals surface area contributed by atoms with E-state index in [-0.39, 0.29) is 17.2 Å². The first-order valence-corrected chi connectivity index (χ1v) is 9.20. The maximum atomic E-state index is 12.9. The molecule has 0 bridgehead atoms. The SMILES string of the molecule is CCOC(=O)c1[nH]c(C)c(S(=O)(=O)N2CCCCCC2)c1C. The average molecular weight is 328 g/mol. The molecule has 1 fully saturated rings. The quantitative estimate of drug-likeness (QED) is 0.861. The molecule has 0 unspecified atom stereocenters. The van der Waals surface area contributed by atoms with Crippen LogP contribution in [0, 0.1) is 13.8 Å². The zero-order chi connectivity index (χ0) is 16.3. The third-order valence-corrected chi connectivity index (χ3v) is 6.18. The van der Waals surface area contributed by atoms with Crippen molar-refractivity contribution in [1.29, 1.82) is 0 Å². The lowest BCUT2D eigenvalue weighted by molar-refractivity contribution is 0.0519. The number of sulfonamides is 1. The van der Waals surface area contributed by atoms with E-state index in [1.165, 1.54) is 4.31 Å². The summed E-state index contributed by atoms with van der Waals surface area (Å²) in [6.07, 6.45) is 3.88. The fourth-order valence-corrected chi connectivity index (χ4v) is 4.86. The smallest absolute Gasteiger partial charge is 0.355 e. The number of nitrogens with zero attached hydrogens (tertiary/aromatic N) is 1. The van der Waals surface area contributed by atoms with Crippen molar-refractivity contribution in [1.82, 2.24) is 9.29 Å². The van der Waals surface area contributed by atoms with Crippen molar-refractivity contribution in [3.05, 3.63) is 17.0 Å². The number of carbonyl (C=O) groups is 1. The van der Waals surface area contributed by atoms with Gasteiger partial charge < -0.3 is 9.72 Å². The van der Waals surface area contributed by atoms with Gasteiger partial charge in [-0.3, -0.25) is 0 Å². The van der Waals surface area contributed by atoms with E-state index < -0.39 is 16.0 Å². The molecule has 0 spiro atoms. The van der Waals surface area contributed by atoms with E-state index in [9.17, 15) is 13.2 Å². The Morgan fingerprint density at radius 3 is 2.32 bits per heavy atom. The van der Waals surface area contributed by atoms with Crippen molar-refractivity contribution in [3.8, 4) is 0 Å². The summed E-state index contributed by atoms with van der Waals surface area (Å²) in [5, 5.41) is 0. The van der Waals surface area contributed by atoms with Crippen LogP contribution >= 0.6 is 0 Å². The van der Waals surface area contributed by atoms with Gasteiger partial charge in [0.2, 0.25) is 10.0 Å². The summed E-state index contributed by atoms with van der Waals surface area (Å²) in [6.45, 7) is 6.39. The molecule has 2 heterocycles. The zero-order valence-corrected chi connectivity index (χ0v) is 14.3. The molecular weight excluding hydrogens is 304 g/mol. The molecule has 1 N–H and O–H groups in total. The number of aromatic amines is 1. The van der Waals surface area contributed by atoms with Crippen molar-refractivity contribution in [2.24, 2.45) is 0 Å². The van der Waals surface area contributed by atoms with Crippen LogP contribution in [0.3, 0.4) is 0 Å². The molecule has 6 nitrogen and oxygen atoms in total. The highest BCUT2D eigenvalue weighted by atomic mass is 32.2. The van der Waals surface area contributed by atoms with Gasteiger partial charge in [0.05, 0.1) is 6.61 Å². The van der Waals surface area contributed by atoms with Crippen molar-refractivity contribution >= 4 is 16.0 Å². The molecule has 124 valence electrons. The number of hydrogen-bond donors (Lipinski definition) is 1. The Balaban J connectivity index is 2.40. The molecule has 0 aliphatic carbocycles. The highest BCUT2D eigenvalue weighted by Gasteiger charge is 2.32. The summed E-state index contributed by atoms with van der Waals surface area (Å²) in [5.74, 6) is -0.514. The molecular formula is C15H24N2O4S. The number of hydrogen-bond acceptors (Lipinski definition) is 4. The van der Waals surface area contributed by atoms with Crippen LogP contribution in [0.25, 0.3) is 0 Å². The maximum Gasteiger partial charge on any atom is 0.355 e. The molecule has 0 amide bonds. The highest BCUT2D eigenvalue weighted by Crippen LogP contribution is 2.28. The minimum Gasteiger partial charge on any atom is -0.461 e. The fourth-order valence-electron chi connectivity index (χ4n) is 2.94. The molecule has 1 aromatic heterocycles.